The molecule has 0 unspecified atom stereocenters. The maximum Gasteiger partial charge on any atom is 0.341 e. The molecule has 0 fully saturated rings. The molecule has 0 aliphatic carbocycles. The van der Waals surface area contributed by atoms with E-state index in [4.69, 9.17) is 26.2 Å². The van der Waals surface area contributed by atoms with Crippen molar-refractivity contribution in [3.8, 4) is 17.2 Å². The van der Waals surface area contributed by atoms with Gasteiger partial charge in [-0.25, -0.2) is 4.79 Å². The molecule has 0 saturated heterocycles. The summed E-state index contributed by atoms with van der Waals surface area (Å²) in [5.74, 6) is -0.159. The molecule has 2 rings (SSSR count). The first-order valence-corrected chi connectivity index (χ1v) is 9.11. The minimum absolute atomic E-state index is 0.149. The van der Waals surface area contributed by atoms with Gasteiger partial charge < -0.3 is 30.1 Å². The van der Waals surface area contributed by atoms with Crippen LogP contribution in [-0.4, -0.2) is 47.6 Å². The number of methoxy groups -OCH3 is 1. The second-order valence-corrected chi connectivity index (χ2v) is 6.71. The minimum Gasteiger partial charge on any atom is -0.508 e. The summed E-state index contributed by atoms with van der Waals surface area (Å²) in [7, 11) is 1.51. The van der Waals surface area contributed by atoms with Gasteiger partial charge in [-0.1, -0.05) is 23.7 Å². The van der Waals surface area contributed by atoms with Crippen LogP contribution in [0.2, 0.25) is 5.02 Å². The van der Waals surface area contributed by atoms with E-state index in [2.05, 4.69) is 5.32 Å². The third-order valence-corrected chi connectivity index (χ3v) is 4.55. The Hall–Kier alpha value is -2.48. The average molecular weight is 410 g/mol. The van der Waals surface area contributed by atoms with E-state index in [0.717, 1.165) is 5.56 Å². The Kier molecular flexibility index (Phi) is 7.92. The number of aliphatic carboxylic acids is 1. The van der Waals surface area contributed by atoms with Gasteiger partial charge in [-0.3, -0.25) is 0 Å². The van der Waals surface area contributed by atoms with Crippen LogP contribution in [0.5, 0.6) is 17.2 Å². The lowest BCUT2D eigenvalue weighted by Gasteiger charge is -2.21. The van der Waals surface area contributed by atoms with Crippen molar-refractivity contribution in [3.63, 3.8) is 0 Å². The number of phenolic OH excluding ortho intramolecular Hbond substituents is 1. The van der Waals surface area contributed by atoms with Crippen LogP contribution in [0.3, 0.4) is 0 Å². The molecule has 4 N–H and O–H groups in total. The summed E-state index contributed by atoms with van der Waals surface area (Å²) in [5.41, 5.74) is 1.53. The number of nitrogens with one attached hydrogen (secondary N) is 1. The number of phenols is 1. The first-order valence-electron chi connectivity index (χ1n) is 8.73. The highest BCUT2D eigenvalue weighted by Crippen LogP contribution is 2.33. The van der Waals surface area contributed by atoms with Crippen LogP contribution in [0.15, 0.2) is 36.4 Å². The van der Waals surface area contributed by atoms with Crippen LogP contribution in [0.1, 0.15) is 24.2 Å². The molecule has 0 aromatic heterocycles. The van der Waals surface area contributed by atoms with Crippen LogP contribution in [-0.2, 0) is 11.2 Å². The number of aliphatic hydroxyl groups is 1. The summed E-state index contributed by atoms with van der Waals surface area (Å²) >= 11 is 6.17. The van der Waals surface area contributed by atoms with Crippen molar-refractivity contribution in [1.82, 2.24) is 5.32 Å². The number of aromatic hydroxyl groups is 1. The van der Waals surface area contributed by atoms with E-state index in [9.17, 15) is 15.0 Å². The highest BCUT2D eigenvalue weighted by Gasteiger charge is 2.17. The lowest BCUT2D eigenvalue weighted by atomic mass is 10.0. The number of ether oxygens (including phenoxy) is 2. The molecule has 0 radical (unpaired) electrons. The molecule has 152 valence electrons. The fourth-order valence-electron chi connectivity index (χ4n) is 2.72. The van der Waals surface area contributed by atoms with Crippen molar-refractivity contribution in [1.29, 1.82) is 0 Å². The van der Waals surface area contributed by atoms with E-state index in [0.29, 0.717) is 29.3 Å². The topological polar surface area (TPSA) is 108 Å². The summed E-state index contributed by atoms with van der Waals surface area (Å²) in [6.45, 7) is 1.93. The number of carboxylic acids is 1. The molecular formula is C20H24ClNO6. The predicted molar refractivity (Wildman–Crippen MR) is 105 cm³/mol. The van der Waals surface area contributed by atoms with Gasteiger partial charge in [-0.15, -0.1) is 0 Å². The Bertz CT molecular complexity index is 796. The molecular weight excluding hydrogens is 386 g/mol. The molecule has 2 aromatic rings. The van der Waals surface area contributed by atoms with Gasteiger partial charge >= 0.3 is 5.97 Å². The number of hydrogen-bond acceptors (Lipinski definition) is 6. The zero-order valence-corrected chi connectivity index (χ0v) is 16.4. The number of halogens is 1. The number of carboxylic acid groups (broad SMARTS) is 1. The highest BCUT2D eigenvalue weighted by atomic mass is 35.5. The number of benzene rings is 2. The molecule has 8 heteroatoms. The SMILES string of the molecule is COc1cc(OCC(=O)O)c(Cl)cc1CCN[C@@H](C)[C@H](O)c1ccc(O)cc1. The molecule has 0 aliphatic rings. The quantitative estimate of drug-likeness (QED) is 0.477. The molecule has 0 amide bonds. The fourth-order valence-corrected chi connectivity index (χ4v) is 2.96. The summed E-state index contributed by atoms with van der Waals surface area (Å²) in [6.07, 6.45) is -0.146. The van der Waals surface area contributed by atoms with Crippen molar-refractivity contribution in [3.05, 3.63) is 52.5 Å². The normalized spacial score (nSPS) is 13.0. The second-order valence-electron chi connectivity index (χ2n) is 6.31. The third-order valence-electron chi connectivity index (χ3n) is 4.25. The summed E-state index contributed by atoms with van der Waals surface area (Å²) in [6, 6.07) is 9.45. The van der Waals surface area contributed by atoms with Gasteiger partial charge in [0.05, 0.1) is 18.2 Å². The molecule has 0 heterocycles. The highest BCUT2D eigenvalue weighted by molar-refractivity contribution is 6.32. The molecule has 0 aliphatic heterocycles. The lowest BCUT2D eigenvalue weighted by molar-refractivity contribution is -0.139. The first kappa shape index (κ1) is 21.8. The van der Waals surface area contributed by atoms with Crippen LogP contribution >= 0.6 is 11.6 Å². The molecule has 0 bridgehead atoms. The van der Waals surface area contributed by atoms with Gasteiger partial charge in [0.2, 0.25) is 0 Å². The van der Waals surface area contributed by atoms with Crippen molar-refractivity contribution in [2.75, 3.05) is 20.3 Å². The van der Waals surface area contributed by atoms with E-state index in [1.807, 2.05) is 6.92 Å². The van der Waals surface area contributed by atoms with E-state index in [-0.39, 0.29) is 17.5 Å². The molecule has 2 aromatic carbocycles. The molecule has 0 saturated carbocycles. The lowest BCUT2D eigenvalue weighted by Crippen LogP contribution is -2.33. The number of rotatable bonds is 10. The number of carbonyl (C=O) groups is 1. The number of aliphatic hydroxyl groups excluding tert-OH is 1. The average Bonchev–Trinajstić information content (AvgIpc) is 2.67. The van der Waals surface area contributed by atoms with Gasteiger partial charge in [0.1, 0.15) is 17.2 Å². The largest absolute Gasteiger partial charge is 0.508 e. The maximum absolute atomic E-state index is 10.6. The molecule has 0 spiro atoms. The van der Waals surface area contributed by atoms with Crippen molar-refractivity contribution < 1.29 is 29.6 Å². The maximum atomic E-state index is 10.6. The third kappa shape index (κ3) is 6.02. The van der Waals surface area contributed by atoms with E-state index in [1.165, 1.54) is 19.2 Å². The Morgan fingerprint density at radius 2 is 1.89 bits per heavy atom. The molecule has 28 heavy (non-hydrogen) atoms. The van der Waals surface area contributed by atoms with Gasteiger partial charge in [0.25, 0.3) is 0 Å². The summed E-state index contributed by atoms with van der Waals surface area (Å²) < 4.78 is 10.5. The van der Waals surface area contributed by atoms with Gasteiger partial charge in [0, 0.05) is 12.1 Å². The molecule has 2 atom stereocenters. The minimum atomic E-state index is -1.09. The summed E-state index contributed by atoms with van der Waals surface area (Å²) in [4.78, 5) is 10.6. The predicted octanol–water partition coefficient (Wildman–Crippen LogP) is 2.77. The zero-order chi connectivity index (χ0) is 20.7. The second kappa shape index (κ2) is 10.2. The van der Waals surface area contributed by atoms with Gasteiger partial charge in [-0.2, -0.15) is 0 Å². The Balaban J connectivity index is 1.96. The fraction of sp³-hybridized carbons (Fsp3) is 0.350. The molecule has 7 nitrogen and oxygen atoms in total. The van der Waals surface area contributed by atoms with E-state index in [1.54, 1.807) is 24.3 Å². The van der Waals surface area contributed by atoms with Gasteiger partial charge in [0.15, 0.2) is 6.61 Å². The zero-order valence-electron chi connectivity index (χ0n) is 15.7. The van der Waals surface area contributed by atoms with Crippen LogP contribution in [0.4, 0.5) is 0 Å². The van der Waals surface area contributed by atoms with Gasteiger partial charge in [-0.05, 0) is 49.2 Å². The van der Waals surface area contributed by atoms with Crippen LogP contribution < -0.4 is 14.8 Å². The Morgan fingerprint density at radius 1 is 1.21 bits per heavy atom. The first-order chi connectivity index (χ1) is 13.3. The van der Waals surface area contributed by atoms with Crippen molar-refractivity contribution in [2.45, 2.75) is 25.5 Å². The summed E-state index contributed by atoms with van der Waals surface area (Å²) in [5, 5.41) is 32.0. The standard InChI is InChI=1S/C20H24ClNO6/c1-12(20(26)13-3-5-15(23)6-4-13)22-8-7-14-9-16(21)18(10-17(14)27-2)28-11-19(24)25/h3-6,9-10,12,20,22-23,26H,7-8,11H2,1-2H3,(H,24,25)/t12-,20-/m0/s1. The van der Waals surface area contributed by atoms with Crippen molar-refractivity contribution >= 4 is 17.6 Å². The monoisotopic (exact) mass is 409 g/mol. The van der Waals surface area contributed by atoms with Crippen LogP contribution in [0.25, 0.3) is 0 Å². The Morgan fingerprint density at radius 3 is 2.50 bits per heavy atom. The van der Waals surface area contributed by atoms with E-state index >= 15 is 0 Å². The van der Waals surface area contributed by atoms with E-state index < -0.39 is 18.7 Å². The Labute approximate surface area is 168 Å². The smallest absolute Gasteiger partial charge is 0.341 e. The number of hydrogen-bond donors (Lipinski definition) is 4. The van der Waals surface area contributed by atoms with Crippen LogP contribution in [0, 0.1) is 0 Å². The van der Waals surface area contributed by atoms with Crippen molar-refractivity contribution in [2.24, 2.45) is 0 Å².